The van der Waals surface area contributed by atoms with Gasteiger partial charge in [-0.1, -0.05) is 0 Å². The summed E-state index contributed by atoms with van der Waals surface area (Å²) in [4.78, 5) is 0.880. The first-order valence-electron chi connectivity index (χ1n) is 4.40. The van der Waals surface area contributed by atoms with Crippen molar-refractivity contribution >= 4 is 49.8 Å². The van der Waals surface area contributed by atoms with Crippen molar-refractivity contribution in [3.05, 3.63) is 0 Å². The summed E-state index contributed by atoms with van der Waals surface area (Å²) in [5.41, 5.74) is 5.20. The fraction of sp³-hybridized carbons (Fsp3) is 1.00. The maximum atomic E-state index is 10.9. The van der Waals surface area contributed by atoms with Crippen LogP contribution < -0.4 is 5.73 Å². The normalized spacial score (nSPS) is 16.4. The molecule has 8 nitrogen and oxygen atoms in total. The van der Waals surface area contributed by atoms with Crippen LogP contribution in [0.1, 0.15) is 13.8 Å². The van der Waals surface area contributed by atoms with Crippen molar-refractivity contribution in [2.45, 2.75) is 24.6 Å². The van der Waals surface area contributed by atoms with Gasteiger partial charge in [0.25, 0.3) is 20.2 Å². The van der Waals surface area contributed by atoms with Gasteiger partial charge in [-0.15, -0.1) is 0 Å². The zero-order valence-electron chi connectivity index (χ0n) is 8.94. The molecule has 0 amide bonds. The molecule has 0 rings (SSSR count). The Balaban J connectivity index is 0. The standard InChI is InChI=1S/C6H16N2O6S2.Na.H/c1-5(15(9,10)11)8(4-3-7)6(2)16(12,13)14;;/h5-6H,3-4,7H2,1-2H3,(H,9,10,11)(H,12,13,14);;. The predicted molar refractivity (Wildman–Crippen MR) is 64.9 cm³/mol. The van der Waals surface area contributed by atoms with Crippen molar-refractivity contribution < 1.29 is 25.9 Å². The molecule has 0 radical (unpaired) electrons. The van der Waals surface area contributed by atoms with E-state index in [2.05, 4.69) is 0 Å². The second-order valence-corrected chi connectivity index (χ2v) is 6.68. The van der Waals surface area contributed by atoms with Gasteiger partial charge in [-0.25, -0.2) is 0 Å². The molecule has 0 aliphatic carbocycles. The molecule has 100 valence electrons. The van der Waals surface area contributed by atoms with Crippen LogP contribution in [0.3, 0.4) is 0 Å². The summed E-state index contributed by atoms with van der Waals surface area (Å²) in [5, 5.41) is -2.93. The summed E-state index contributed by atoms with van der Waals surface area (Å²) >= 11 is 0. The number of hydrogen-bond acceptors (Lipinski definition) is 6. The zero-order valence-corrected chi connectivity index (χ0v) is 10.6. The van der Waals surface area contributed by atoms with Gasteiger partial charge >= 0.3 is 29.6 Å². The van der Waals surface area contributed by atoms with E-state index in [1.807, 2.05) is 0 Å². The monoisotopic (exact) mass is 300 g/mol. The van der Waals surface area contributed by atoms with E-state index in [9.17, 15) is 16.8 Å². The Kier molecular flexibility index (Phi) is 8.69. The molecule has 0 aliphatic heterocycles. The van der Waals surface area contributed by atoms with Crippen molar-refractivity contribution in [1.29, 1.82) is 0 Å². The molecule has 0 aliphatic rings. The summed E-state index contributed by atoms with van der Waals surface area (Å²) in [6, 6.07) is 0. The fourth-order valence-electron chi connectivity index (χ4n) is 1.15. The molecule has 2 atom stereocenters. The van der Waals surface area contributed by atoms with E-state index in [1.54, 1.807) is 0 Å². The van der Waals surface area contributed by atoms with Crippen LogP contribution >= 0.6 is 0 Å². The number of nitrogens with zero attached hydrogens (tertiary/aromatic N) is 1. The van der Waals surface area contributed by atoms with Crippen LogP contribution in [0.25, 0.3) is 0 Å². The van der Waals surface area contributed by atoms with Crippen LogP contribution in [-0.4, -0.2) is 84.2 Å². The Morgan fingerprint density at radius 2 is 1.35 bits per heavy atom. The van der Waals surface area contributed by atoms with Crippen LogP contribution in [0.4, 0.5) is 0 Å². The van der Waals surface area contributed by atoms with Crippen molar-refractivity contribution in [3.63, 3.8) is 0 Å². The average molecular weight is 300 g/mol. The second kappa shape index (κ2) is 7.36. The van der Waals surface area contributed by atoms with Crippen LogP contribution in [0, 0.1) is 0 Å². The number of rotatable bonds is 6. The number of nitrogens with two attached hydrogens (primary N) is 1. The first-order valence-corrected chi connectivity index (χ1v) is 7.41. The molecular weight excluding hydrogens is 283 g/mol. The quantitative estimate of drug-likeness (QED) is 0.381. The molecule has 0 saturated heterocycles. The molecule has 0 spiro atoms. The SMILES string of the molecule is CC(N(CCN)C(C)S(=O)(=O)O)S(=O)(=O)O.[NaH]. The minimum atomic E-state index is -4.43. The summed E-state index contributed by atoms with van der Waals surface area (Å²) in [6.07, 6.45) is 0. The van der Waals surface area contributed by atoms with Gasteiger partial charge in [0.05, 0.1) is 0 Å². The summed E-state index contributed by atoms with van der Waals surface area (Å²) in [5.74, 6) is 0. The third-order valence-electron chi connectivity index (χ3n) is 2.18. The molecule has 2 unspecified atom stereocenters. The first-order chi connectivity index (χ1) is 7.01. The molecule has 0 heterocycles. The van der Waals surface area contributed by atoms with E-state index < -0.39 is 31.0 Å². The molecular formula is C6H17N2NaO6S2. The van der Waals surface area contributed by atoms with Crippen molar-refractivity contribution in [1.82, 2.24) is 4.90 Å². The maximum absolute atomic E-state index is 10.9. The van der Waals surface area contributed by atoms with Crippen LogP contribution in [-0.2, 0) is 20.2 Å². The van der Waals surface area contributed by atoms with E-state index in [-0.39, 0.29) is 42.6 Å². The Hall–Kier alpha value is 0.740. The second-order valence-electron chi connectivity index (χ2n) is 3.26. The predicted octanol–water partition coefficient (Wildman–Crippen LogP) is -1.93. The van der Waals surface area contributed by atoms with Gasteiger partial charge in [0.2, 0.25) is 0 Å². The molecule has 0 saturated carbocycles. The van der Waals surface area contributed by atoms with Gasteiger partial charge in [0.15, 0.2) is 0 Å². The fourth-order valence-corrected chi connectivity index (χ4v) is 2.49. The first kappa shape index (κ1) is 20.1. The Morgan fingerprint density at radius 1 is 1.06 bits per heavy atom. The van der Waals surface area contributed by atoms with E-state index in [4.69, 9.17) is 14.8 Å². The Bertz CT molecular complexity index is 384. The topological polar surface area (TPSA) is 138 Å². The van der Waals surface area contributed by atoms with Gasteiger partial charge in [-0.3, -0.25) is 14.0 Å². The van der Waals surface area contributed by atoms with Crippen molar-refractivity contribution in [2.75, 3.05) is 13.1 Å². The van der Waals surface area contributed by atoms with Gasteiger partial charge in [-0.2, -0.15) is 16.8 Å². The van der Waals surface area contributed by atoms with Gasteiger partial charge in [0, 0.05) is 13.1 Å². The third-order valence-corrected chi connectivity index (χ3v) is 4.45. The molecule has 0 aromatic rings. The number of hydrogen-bond donors (Lipinski definition) is 3. The van der Waals surface area contributed by atoms with Crippen LogP contribution in [0.2, 0.25) is 0 Å². The van der Waals surface area contributed by atoms with E-state index in [0.717, 1.165) is 18.7 Å². The molecule has 0 aromatic carbocycles. The molecule has 11 heteroatoms. The van der Waals surface area contributed by atoms with Crippen molar-refractivity contribution in [3.8, 4) is 0 Å². The molecule has 17 heavy (non-hydrogen) atoms. The van der Waals surface area contributed by atoms with Crippen LogP contribution in [0.15, 0.2) is 0 Å². The van der Waals surface area contributed by atoms with Gasteiger partial charge in [-0.05, 0) is 13.8 Å². The summed E-state index contributed by atoms with van der Waals surface area (Å²) in [7, 11) is -8.87. The van der Waals surface area contributed by atoms with E-state index >= 15 is 0 Å². The summed E-state index contributed by atoms with van der Waals surface area (Å²) < 4.78 is 61.1. The Labute approximate surface area is 123 Å². The van der Waals surface area contributed by atoms with E-state index in [0.29, 0.717) is 0 Å². The molecule has 4 N–H and O–H groups in total. The third kappa shape index (κ3) is 6.45. The van der Waals surface area contributed by atoms with Crippen LogP contribution in [0.5, 0.6) is 0 Å². The minimum absolute atomic E-state index is 0. The summed E-state index contributed by atoms with van der Waals surface area (Å²) in [6.45, 7) is 2.10. The Morgan fingerprint density at radius 3 is 1.53 bits per heavy atom. The molecule has 0 bridgehead atoms. The zero-order chi connectivity index (χ0) is 13.1. The van der Waals surface area contributed by atoms with Crippen molar-refractivity contribution in [2.24, 2.45) is 5.73 Å². The van der Waals surface area contributed by atoms with E-state index in [1.165, 1.54) is 0 Å². The van der Waals surface area contributed by atoms with Gasteiger partial charge in [0.1, 0.15) is 10.7 Å². The molecule has 0 aromatic heterocycles. The average Bonchev–Trinajstić information content (AvgIpc) is 2.09. The molecule has 0 fully saturated rings. The van der Waals surface area contributed by atoms with Gasteiger partial charge < -0.3 is 5.73 Å².